The summed E-state index contributed by atoms with van der Waals surface area (Å²) in [6.07, 6.45) is 9.11. The first kappa shape index (κ1) is 13.1. The Morgan fingerprint density at radius 2 is 2.25 bits per heavy atom. The molecule has 2 aliphatic rings. The molecular weight excluding hydrogens is 274 g/mol. The molecule has 0 saturated carbocycles. The number of fused-ring (bicyclic) bond motifs is 1. The van der Waals surface area contributed by atoms with Crippen molar-refractivity contribution in [2.24, 2.45) is 0 Å². The van der Waals surface area contributed by atoms with Crippen LogP contribution in [0.25, 0.3) is 0 Å². The average Bonchev–Trinajstić information content (AvgIpc) is 3.02. The third-order valence-electron chi connectivity index (χ3n) is 3.62. The number of hydrogen-bond donors (Lipinski definition) is 2. The maximum absolute atomic E-state index is 12.2. The smallest absolute Gasteiger partial charge is 0.345 e. The molecule has 3 rings (SSSR count). The van der Waals surface area contributed by atoms with Crippen LogP contribution in [0.3, 0.4) is 0 Å². The van der Waals surface area contributed by atoms with Crippen molar-refractivity contribution in [2.45, 2.75) is 32.1 Å². The third kappa shape index (κ3) is 2.54. The van der Waals surface area contributed by atoms with Crippen LogP contribution >= 0.6 is 11.3 Å². The predicted molar refractivity (Wildman–Crippen MR) is 77.1 cm³/mol. The van der Waals surface area contributed by atoms with E-state index in [0.717, 1.165) is 29.8 Å². The highest BCUT2D eigenvalue weighted by atomic mass is 32.1. The minimum absolute atomic E-state index is 0.189. The van der Waals surface area contributed by atoms with Gasteiger partial charge in [0.15, 0.2) is 0 Å². The van der Waals surface area contributed by atoms with E-state index >= 15 is 0 Å². The molecule has 1 aromatic rings. The summed E-state index contributed by atoms with van der Waals surface area (Å²) in [4.78, 5) is 24.2. The molecule has 2 heterocycles. The van der Waals surface area contributed by atoms with E-state index in [4.69, 9.17) is 5.11 Å². The quantitative estimate of drug-likeness (QED) is 0.840. The monoisotopic (exact) mass is 289 g/mol. The molecule has 1 aliphatic carbocycles. The second-order valence-electron chi connectivity index (χ2n) is 5.07. The molecule has 0 radical (unpaired) electrons. The minimum Gasteiger partial charge on any atom is -0.477 e. The second kappa shape index (κ2) is 5.25. The first-order valence-electron chi connectivity index (χ1n) is 6.68. The summed E-state index contributed by atoms with van der Waals surface area (Å²) in [6.45, 7) is 0. The highest BCUT2D eigenvalue weighted by molar-refractivity contribution is 7.14. The van der Waals surface area contributed by atoms with E-state index in [0.29, 0.717) is 12.0 Å². The van der Waals surface area contributed by atoms with E-state index in [-0.39, 0.29) is 10.8 Å². The lowest BCUT2D eigenvalue weighted by molar-refractivity contribution is 0.0702. The molecule has 104 valence electrons. The molecule has 20 heavy (non-hydrogen) atoms. The fourth-order valence-electron chi connectivity index (χ4n) is 2.62. The number of allylic oxidation sites excluding steroid dienone is 3. The van der Waals surface area contributed by atoms with Crippen molar-refractivity contribution in [3.8, 4) is 0 Å². The van der Waals surface area contributed by atoms with Gasteiger partial charge in [-0.05, 0) is 25.3 Å². The molecule has 0 spiro atoms. The summed E-state index contributed by atoms with van der Waals surface area (Å²) in [6, 6.07) is 1.48. The van der Waals surface area contributed by atoms with Crippen LogP contribution < -0.4 is 5.32 Å². The number of nitrogens with one attached hydrogen (secondary N) is 1. The average molecular weight is 289 g/mol. The largest absolute Gasteiger partial charge is 0.477 e. The summed E-state index contributed by atoms with van der Waals surface area (Å²) >= 11 is 1.19. The van der Waals surface area contributed by atoms with Crippen LogP contribution in [-0.4, -0.2) is 17.0 Å². The zero-order valence-electron chi connectivity index (χ0n) is 10.9. The summed E-state index contributed by atoms with van der Waals surface area (Å²) < 4.78 is 0. The van der Waals surface area contributed by atoms with Crippen LogP contribution in [0.2, 0.25) is 0 Å². The van der Waals surface area contributed by atoms with Gasteiger partial charge in [0.25, 0.3) is 5.91 Å². The number of carboxylic acid groups (broad SMARTS) is 1. The SMILES string of the molecule is O=C(O)c1cc2c(s1)CC=C(CC1=CCCC1)NC2=O. The van der Waals surface area contributed by atoms with Gasteiger partial charge in [0.1, 0.15) is 4.88 Å². The molecule has 2 N–H and O–H groups in total. The number of aromatic carboxylic acids is 1. The molecule has 0 atom stereocenters. The Bertz CT molecular complexity index is 640. The van der Waals surface area contributed by atoms with E-state index in [1.165, 1.54) is 29.4 Å². The summed E-state index contributed by atoms with van der Waals surface area (Å²) in [5.74, 6) is -1.16. The van der Waals surface area contributed by atoms with Crippen LogP contribution in [0.15, 0.2) is 29.5 Å². The molecule has 0 fully saturated rings. The van der Waals surface area contributed by atoms with Crippen LogP contribution in [0.4, 0.5) is 0 Å². The molecule has 0 saturated heterocycles. The van der Waals surface area contributed by atoms with Crippen molar-refractivity contribution in [1.29, 1.82) is 0 Å². The number of carbonyl (C=O) groups excluding carboxylic acids is 1. The number of rotatable bonds is 3. The Kier molecular flexibility index (Phi) is 3.44. The lowest BCUT2D eigenvalue weighted by Gasteiger charge is -2.08. The van der Waals surface area contributed by atoms with E-state index in [2.05, 4.69) is 11.4 Å². The Hall–Kier alpha value is -1.88. The molecule has 4 nitrogen and oxygen atoms in total. The molecule has 1 aliphatic heterocycles. The number of hydrogen-bond acceptors (Lipinski definition) is 3. The van der Waals surface area contributed by atoms with E-state index in [1.807, 2.05) is 6.08 Å². The molecule has 1 amide bonds. The van der Waals surface area contributed by atoms with Crippen LogP contribution in [0, 0.1) is 0 Å². The zero-order valence-corrected chi connectivity index (χ0v) is 11.8. The fourth-order valence-corrected chi connectivity index (χ4v) is 3.57. The van der Waals surface area contributed by atoms with Crippen LogP contribution in [0.1, 0.15) is 50.6 Å². The normalized spacial score (nSPS) is 17.9. The van der Waals surface area contributed by atoms with Gasteiger partial charge in [-0.25, -0.2) is 4.79 Å². The van der Waals surface area contributed by atoms with Crippen molar-refractivity contribution in [3.05, 3.63) is 44.8 Å². The maximum Gasteiger partial charge on any atom is 0.345 e. The minimum atomic E-state index is -0.976. The maximum atomic E-state index is 12.2. The van der Waals surface area contributed by atoms with Crippen molar-refractivity contribution in [1.82, 2.24) is 5.32 Å². The first-order valence-corrected chi connectivity index (χ1v) is 7.49. The topological polar surface area (TPSA) is 66.4 Å². The predicted octanol–water partition coefficient (Wildman–Crippen LogP) is 3.12. The fraction of sp³-hybridized carbons (Fsp3) is 0.333. The van der Waals surface area contributed by atoms with E-state index in [9.17, 15) is 9.59 Å². The molecule has 0 unspecified atom stereocenters. The van der Waals surface area contributed by atoms with Crippen molar-refractivity contribution in [3.63, 3.8) is 0 Å². The van der Waals surface area contributed by atoms with Crippen molar-refractivity contribution >= 4 is 23.2 Å². The van der Waals surface area contributed by atoms with Gasteiger partial charge in [-0.2, -0.15) is 0 Å². The van der Waals surface area contributed by atoms with Crippen LogP contribution in [-0.2, 0) is 6.42 Å². The van der Waals surface area contributed by atoms with Crippen LogP contribution in [0.5, 0.6) is 0 Å². The standard InChI is InChI=1S/C15H15NO3S/c17-14-11-8-13(15(18)19)20-12(11)6-5-10(16-14)7-9-3-1-2-4-9/h3,5,8H,1-2,4,6-7H2,(H,16,17)(H,18,19). The molecule has 0 aromatic carbocycles. The Balaban J connectivity index is 1.81. The second-order valence-corrected chi connectivity index (χ2v) is 6.21. The number of carbonyl (C=O) groups is 2. The number of amides is 1. The van der Waals surface area contributed by atoms with Gasteiger partial charge in [0.2, 0.25) is 0 Å². The summed E-state index contributed by atoms with van der Waals surface area (Å²) in [5.41, 5.74) is 2.82. The van der Waals surface area contributed by atoms with E-state index < -0.39 is 5.97 Å². The van der Waals surface area contributed by atoms with Gasteiger partial charge in [0.05, 0.1) is 5.56 Å². The lowest BCUT2D eigenvalue weighted by Crippen LogP contribution is -2.21. The molecule has 0 bridgehead atoms. The zero-order chi connectivity index (χ0) is 14.1. The van der Waals surface area contributed by atoms with Gasteiger partial charge >= 0.3 is 5.97 Å². The summed E-state index contributed by atoms with van der Waals surface area (Å²) in [5, 5.41) is 11.9. The molecule has 1 aromatic heterocycles. The third-order valence-corrected chi connectivity index (χ3v) is 4.77. The Morgan fingerprint density at radius 1 is 1.40 bits per heavy atom. The lowest BCUT2D eigenvalue weighted by atomic mass is 10.1. The van der Waals surface area contributed by atoms with Crippen molar-refractivity contribution in [2.75, 3.05) is 0 Å². The van der Waals surface area contributed by atoms with Gasteiger partial charge in [-0.3, -0.25) is 4.79 Å². The first-order chi connectivity index (χ1) is 9.63. The number of carboxylic acids is 1. The number of thiophene rings is 1. The van der Waals surface area contributed by atoms with Gasteiger partial charge in [0, 0.05) is 23.4 Å². The molecule has 5 heteroatoms. The summed E-state index contributed by atoms with van der Waals surface area (Å²) in [7, 11) is 0. The van der Waals surface area contributed by atoms with Gasteiger partial charge in [-0.1, -0.05) is 17.7 Å². The Morgan fingerprint density at radius 3 is 2.95 bits per heavy atom. The van der Waals surface area contributed by atoms with E-state index in [1.54, 1.807) is 0 Å². The van der Waals surface area contributed by atoms with Crippen molar-refractivity contribution < 1.29 is 14.7 Å². The van der Waals surface area contributed by atoms with Gasteiger partial charge < -0.3 is 10.4 Å². The van der Waals surface area contributed by atoms with Gasteiger partial charge in [-0.15, -0.1) is 11.3 Å². The highest BCUT2D eigenvalue weighted by Crippen LogP contribution is 2.28. The highest BCUT2D eigenvalue weighted by Gasteiger charge is 2.22. The Labute approximate surface area is 120 Å². The molecular formula is C15H15NO3S.